The molecular formula is C32H40N4O7S. The van der Waals surface area contributed by atoms with Crippen LogP contribution in [0.15, 0.2) is 65.6 Å². The number of aryl methyl sites for hydroxylation is 1. The Labute approximate surface area is 258 Å². The van der Waals surface area contributed by atoms with Gasteiger partial charge in [-0.15, -0.1) is 0 Å². The third kappa shape index (κ3) is 8.63. The van der Waals surface area contributed by atoms with Gasteiger partial charge in [0, 0.05) is 60.7 Å². The molecule has 0 aromatic heterocycles. The first-order chi connectivity index (χ1) is 21.2. The fourth-order valence-corrected chi connectivity index (χ4v) is 7.11. The third-order valence-corrected chi connectivity index (χ3v) is 9.53. The molecule has 2 fully saturated rings. The molecule has 5 rings (SSSR count). The number of morpholine rings is 1. The van der Waals surface area contributed by atoms with Crippen molar-refractivity contribution in [1.82, 2.24) is 14.5 Å². The van der Waals surface area contributed by atoms with Gasteiger partial charge in [-0.05, 0) is 56.5 Å². The summed E-state index contributed by atoms with van der Waals surface area (Å²) in [7, 11) is -3.84. The second-order valence-corrected chi connectivity index (χ2v) is 12.5. The maximum absolute atomic E-state index is 13.5. The van der Waals surface area contributed by atoms with Crippen molar-refractivity contribution in [2.75, 3.05) is 51.3 Å². The van der Waals surface area contributed by atoms with E-state index >= 15 is 0 Å². The summed E-state index contributed by atoms with van der Waals surface area (Å²) in [6, 6.07) is 17.4. The predicted octanol–water partition coefficient (Wildman–Crippen LogP) is 3.48. The Morgan fingerprint density at radius 1 is 0.955 bits per heavy atom. The van der Waals surface area contributed by atoms with Crippen molar-refractivity contribution >= 4 is 44.8 Å². The van der Waals surface area contributed by atoms with Crippen molar-refractivity contribution in [3.63, 3.8) is 0 Å². The molecule has 236 valence electrons. The maximum atomic E-state index is 13.5. The number of nitrogens with one attached hydrogen (secondary N) is 2. The second-order valence-electron chi connectivity index (χ2n) is 10.9. The normalized spacial score (nSPS) is 16.2. The van der Waals surface area contributed by atoms with E-state index < -0.39 is 10.0 Å². The highest BCUT2D eigenvalue weighted by Gasteiger charge is 2.28. The number of hydrogen-bond donors (Lipinski definition) is 3. The highest BCUT2D eigenvalue weighted by atomic mass is 32.2. The van der Waals surface area contributed by atoms with Gasteiger partial charge < -0.3 is 20.1 Å². The van der Waals surface area contributed by atoms with Gasteiger partial charge in [-0.2, -0.15) is 0 Å². The lowest BCUT2D eigenvalue weighted by Gasteiger charge is -2.33. The molecule has 2 aliphatic heterocycles. The molecule has 2 heterocycles. The molecule has 44 heavy (non-hydrogen) atoms. The topological polar surface area (TPSA) is 145 Å². The Morgan fingerprint density at radius 2 is 1.59 bits per heavy atom. The van der Waals surface area contributed by atoms with Crippen molar-refractivity contribution in [3.8, 4) is 0 Å². The van der Waals surface area contributed by atoms with Gasteiger partial charge in [0.05, 0.1) is 18.1 Å². The number of carbonyl (C=O) groups is 3. The summed E-state index contributed by atoms with van der Waals surface area (Å²) < 4.78 is 35.3. The van der Waals surface area contributed by atoms with Crippen LogP contribution in [-0.4, -0.2) is 93.6 Å². The van der Waals surface area contributed by atoms with Gasteiger partial charge in [0.15, 0.2) is 0 Å². The summed E-state index contributed by atoms with van der Waals surface area (Å²) in [5.74, 6) is -0.113. The van der Waals surface area contributed by atoms with E-state index in [2.05, 4.69) is 14.9 Å². The molecule has 0 atom stereocenters. The standard InChI is InChI=1S/C31H38N4O5S.CH2O2/c1-23-7-2-3-8-25(23)31(37)32-28-12-13-29(27-10-5-4-9-26(27)28)41(38,39)33-24-14-17-35(18-15-24)30(36)11-6-16-34-19-21-40-22-20-34;2-1-3/h2-5,7-10,12-13,24,33H,6,11,14-22H2,1H3,(H,32,37);1H,(H,2,3). The van der Waals surface area contributed by atoms with E-state index in [9.17, 15) is 18.0 Å². The second kappa shape index (κ2) is 15.8. The van der Waals surface area contributed by atoms with Crippen LogP contribution in [0.2, 0.25) is 0 Å². The van der Waals surface area contributed by atoms with E-state index in [1.54, 1.807) is 30.3 Å². The average molecular weight is 625 g/mol. The molecule has 0 unspecified atom stereocenters. The number of anilines is 1. The van der Waals surface area contributed by atoms with Crippen molar-refractivity contribution in [2.24, 2.45) is 0 Å². The number of sulfonamides is 1. The van der Waals surface area contributed by atoms with Crippen molar-refractivity contribution < 1.29 is 32.6 Å². The molecule has 2 aliphatic rings. The molecule has 2 saturated heterocycles. The molecule has 0 radical (unpaired) electrons. The fraction of sp³-hybridized carbons (Fsp3) is 0.406. The largest absolute Gasteiger partial charge is 0.483 e. The third-order valence-electron chi connectivity index (χ3n) is 7.95. The Hall–Kier alpha value is -3.84. The maximum Gasteiger partial charge on any atom is 0.290 e. The van der Waals surface area contributed by atoms with Crippen LogP contribution in [0.25, 0.3) is 10.8 Å². The van der Waals surface area contributed by atoms with E-state index in [4.69, 9.17) is 14.6 Å². The average Bonchev–Trinajstić information content (AvgIpc) is 3.02. The van der Waals surface area contributed by atoms with Gasteiger partial charge in [0.25, 0.3) is 12.4 Å². The molecule has 0 saturated carbocycles. The summed E-state index contributed by atoms with van der Waals surface area (Å²) in [5, 5.41) is 11.0. The zero-order chi connectivity index (χ0) is 31.5. The van der Waals surface area contributed by atoms with Crippen LogP contribution in [-0.2, 0) is 24.3 Å². The Balaban J connectivity index is 0.00000141. The zero-order valence-corrected chi connectivity index (χ0v) is 25.7. The van der Waals surface area contributed by atoms with E-state index in [0.717, 1.165) is 44.8 Å². The number of piperidine rings is 1. The number of ether oxygens (including phenoxy) is 1. The number of amides is 2. The van der Waals surface area contributed by atoms with Crippen LogP contribution in [0.3, 0.4) is 0 Å². The molecular weight excluding hydrogens is 584 g/mol. The Bertz CT molecular complexity index is 1550. The molecule has 2 amide bonds. The number of rotatable bonds is 9. The number of benzene rings is 3. The minimum Gasteiger partial charge on any atom is -0.483 e. The van der Waals surface area contributed by atoms with Gasteiger partial charge in [-0.3, -0.25) is 19.3 Å². The van der Waals surface area contributed by atoms with Crippen molar-refractivity contribution in [1.29, 1.82) is 0 Å². The first kappa shape index (κ1) is 33.1. The fourth-order valence-electron chi connectivity index (χ4n) is 5.60. The van der Waals surface area contributed by atoms with E-state index in [1.807, 2.05) is 42.2 Å². The lowest BCUT2D eigenvalue weighted by atomic mass is 10.1. The van der Waals surface area contributed by atoms with Crippen LogP contribution in [0.1, 0.15) is 41.6 Å². The van der Waals surface area contributed by atoms with E-state index in [0.29, 0.717) is 54.4 Å². The number of carboxylic acid groups (broad SMARTS) is 1. The molecule has 3 aromatic rings. The monoisotopic (exact) mass is 624 g/mol. The van der Waals surface area contributed by atoms with E-state index in [-0.39, 0.29) is 29.2 Å². The van der Waals surface area contributed by atoms with Gasteiger partial charge in [0.1, 0.15) is 0 Å². The highest BCUT2D eigenvalue weighted by Crippen LogP contribution is 2.30. The highest BCUT2D eigenvalue weighted by molar-refractivity contribution is 7.89. The zero-order valence-electron chi connectivity index (χ0n) is 24.9. The quantitative estimate of drug-likeness (QED) is 0.307. The Morgan fingerprint density at radius 3 is 2.27 bits per heavy atom. The smallest absolute Gasteiger partial charge is 0.290 e. The van der Waals surface area contributed by atoms with E-state index in [1.165, 1.54) is 0 Å². The summed E-state index contributed by atoms with van der Waals surface area (Å²) in [6.07, 6.45) is 2.46. The van der Waals surface area contributed by atoms with Crippen LogP contribution in [0.4, 0.5) is 5.69 Å². The molecule has 3 N–H and O–H groups in total. The van der Waals surface area contributed by atoms with Crippen molar-refractivity contribution in [3.05, 3.63) is 71.8 Å². The molecule has 11 nitrogen and oxygen atoms in total. The van der Waals surface area contributed by atoms with Crippen LogP contribution >= 0.6 is 0 Å². The number of likely N-dealkylation sites (tertiary alicyclic amines) is 1. The Kier molecular flexibility index (Phi) is 11.8. The predicted molar refractivity (Wildman–Crippen MR) is 168 cm³/mol. The number of hydrogen-bond acceptors (Lipinski definition) is 7. The number of carbonyl (C=O) groups excluding carboxylic acids is 2. The first-order valence-electron chi connectivity index (χ1n) is 14.8. The van der Waals surface area contributed by atoms with Crippen LogP contribution in [0, 0.1) is 6.92 Å². The molecule has 0 aliphatic carbocycles. The van der Waals surface area contributed by atoms with Gasteiger partial charge in [-0.1, -0.05) is 42.5 Å². The van der Waals surface area contributed by atoms with Crippen LogP contribution in [0.5, 0.6) is 0 Å². The lowest BCUT2D eigenvalue weighted by Crippen LogP contribution is -2.46. The summed E-state index contributed by atoms with van der Waals surface area (Å²) in [5.41, 5.74) is 1.98. The lowest BCUT2D eigenvalue weighted by molar-refractivity contribution is -0.132. The molecule has 3 aromatic carbocycles. The molecule has 12 heteroatoms. The number of fused-ring (bicyclic) bond motifs is 1. The molecule has 0 bridgehead atoms. The molecule has 0 spiro atoms. The summed E-state index contributed by atoms with van der Waals surface area (Å²) >= 11 is 0. The minimum absolute atomic E-state index is 0.133. The van der Waals surface area contributed by atoms with Gasteiger partial charge >= 0.3 is 0 Å². The van der Waals surface area contributed by atoms with Gasteiger partial charge in [0.2, 0.25) is 15.9 Å². The van der Waals surface area contributed by atoms with Gasteiger partial charge in [-0.25, -0.2) is 13.1 Å². The minimum atomic E-state index is -3.84. The van der Waals surface area contributed by atoms with Crippen LogP contribution < -0.4 is 10.0 Å². The summed E-state index contributed by atoms with van der Waals surface area (Å²) in [4.78, 5) is 38.4. The SMILES string of the molecule is Cc1ccccc1C(=O)Nc1ccc(S(=O)(=O)NC2CCN(C(=O)CCCN3CCOCC3)CC2)c2ccccc12.O=CO. The van der Waals surface area contributed by atoms with Crippen molar-refractivity contribution in [2.45, 2.75) is 43.5 Å². The summed E-state index contributed by atoms with van der Waals surface area (Å²) in [6.45, 7) is 6.93. The first-order valence-corrected chi connectivity index (χ1v) is 16.3. The number of nitrogens with zero attached hydrogens (tertiary/aromatic N) is 2.